The summed E-state index contributed by atoms with van der Waals surface area (Å²) in [6.45, 7) is 10.6. The first-order valence-electron chi connectivity index (χ1n) is 31.3. The number of carbonyl (C=O) groups is 5. The Balaban J connectivity index is 0.00000127. The molecule has 2 unspecified atom stereocenters. The number of rotatable bonds is 30. The predicted molar refractivity (Wildman–Crippen MR) is 387 cm³/mol. The fourth-order valence-corrected chi connectivity index (χ4v) is 9.23. The van der Waals surface area contributed by atoms with Crippen molar-refractivity contribution in [3.8, 4) is 0 Å². The Morgan fingerprint density at radius 3 is 1.17 bits per heavy atom. The SMILES string of the molecule is CCN(CC)CC.CNc1cc(NC(=O)Nc2ccc(Cc3ccc(NC(=O)OCCOC(=O)Nc4ccc(Cc5ccc(NC(C)=O)cc5)cc4)cc3)cc2)cc(C(=O)OCCOP(=O)([O-])OCC[N+](C)(C)C)c1.O=C=Nc1ccc(Cc2ccc(N=C=O)cc2)cc1.OCCO.P.[U].[U]. The van der Waals surface area contributed by atoms with Crippen LogP contribution in [0.3, 0.4) is 0 Å². The van der Waals surface area contributed by atoms with Crippen LogP contribution in [0.2, 0.25) is 0 Å². The van der Waals surface area contributed by atoms with E-state index in [1.165, 1.54) is 50.9 Å². The van der Waals surface area contributed by atoms with Crippen molar-refractivity contribution in [2.24, 2.45) is 9.98 Å². The average Bonchev–Trinajstić information content (AvgIpc) is 1.07. The molecule has 0 aliphatic rings. The van der Waals surface area contributed by atoms with E-state index in [9.17, 15) is 43.0 Å². The van der Waals surface area contributed by atoms with Crippen molar-refractivity contribution in [1.82, 2.24) is 4.90 Å². The number of urea groups is 1. The molecule has 0 aromatic heterocycles. The van der Waals surface area contributed by atoms with Crippen LogP contribution in [0.25, 0.3) is 0 Å². The molecule has 0 heterocycles. The van der Waals surface area contributed by atoms with Crippen molar-refractivity contribution in [1.29, 1.82) is 0 Å². The Morgan fingerprint density at radius 2 is 0.832 bits per heavy atom. The maximum Gasteiger partial charge on any atom is 0.411 e. The number of isocyanates is 2. The fourth-order valence-electron chi connectivity index (χ4n) is 8.55. The number of quaternary nitrogens is 1. The van der Waals surface area contributed by atoms with Crippen molar-refractivity contribution >= 4 is 105 Å². The third-order valence-electron chi connectivity index (χ3n) is 13.6. The zero-order valence-corrected chi connectivity index (χ0v) is 68.7. The third-order valence-corrected chi connectivity index (χ3v) is 14.6. The first kappa shape index (κ1) is 91.3. The van der Waals surface area contributed by atoms with E-state index in [2.05, 4.69) is 67.6 Å². The molecular formula is C71H90N10O16P2U2. The number of aliphatic hydroxyl groups is 2. The van der Waals surface area contributed by atoms with E-state index in [1.54, 1.807) is 73.8 Å². The molecule has 30 heteroatoms. The largest absolute Gasteiger partial charge is 0.756 e. The van der Waals surface area contributed by atoms with E-state index in [-0.39, 0.29) is 123 Å². The van der Waals surface area contributed by atoms with Gasteiger partial charge in [-0.1, -0.05) is 93.6 Å². The monoisotopic (exact) mass is 1880 g/mol. The molecule has 5 amide bonds. The van der Waals surface area contributed by atoms with Gasteiger partial charge in [0, 0.05) is 110 Å². The zero-order valence-electron chi connectivity index (χ0n) is 58.0. The van der Waals surface area contributed by atoms with Gasteiger partial charge in [0.25, 0.3) is 7.82 Å². The molecule has 8 N–H and O–H groups in total. The van der Waals surface area contributed by atoms with E-state index in [4.69, 9.17) is 33.5 Å². The number of aliphatic hydroxyl groups excluding tert-OH is 2. The summed E-state index contributed by atoms with van der Waals surface area (Å²) in [4.78, 5) is 103. The minimum absolute atomic E-state index is 0. The summed E-state index contributed by atoms with van der Waals surface area (Å²) < 4.78 is 37.6. The second kappa shape index (κ2) is 50.6. The van der Waals surface area contributed by atoms with Crippen LogP contribution in [0, 0.1) is 62.2 Å². The molecule has 7 rings (SSSR count). The Hall–Kier alpha value is -7.67. The molecule has 0 aliphatic carbocycles. The molecule has 7 aromatic rings. The number of carbonyl (C=O) groups excluding carboxylic acids is 7. The molecule has 0 aliphatic heterocycles. The van der Waals surface area contributed by atoms with Crippen LogP contribution >= 0.6 is 17.7 Å². The molecule has 0 saturated heterocycles. The number of nitrogens with zero attached hydrogens (tertiary/aromatic N) is 4. The van der Waals surface area contributed by atoms with Crippen LogP contribution < -0.4 is 36.8 Å². The summed E-state index contributed by atoms with van der Waals surface area (Å²) in [5, 5.41) is 31.7. The number of hydrogen-bond donors (Lipinski definition) is 8. The number of anilines is 6. The van der Waals surface area contributed by atoms with E-state index in [1.807, 2.05) is 106 Å². The molecule has 0 saturated carbocycles. The molecule has 0 fully saturated rings. The van der Waals surface area contributed by atoms with Gasteiger partial charge in [0.1, 0.15) is 33.0 Å². The normalized spacial score (nSPS) is 10.7. The predicted octanol–water partition coefficient (Wildman–Crippen LogP) is 11.3. The molecule has 0 spiro atoms. The number of phosphoric ester groups is 1. The number of amides is 5. The first-order valence-corrected chi connectivity index (χ1v) is 32.7. The molecule has 0 radical (unpaired) electrons. The third kappa shape index (κ3) is 39.4. The molecule has 2 atom stereocenters. The number of nitrogens with one attached hydrogen (secondary N) is 6. The topological polar surface area (TPSA) is 346 Å². The smallest absolute Gasteiger partial charge is 0.411 e. The van der Waals surface area contributed by atoms with Crippen molar-refractivity contribution < 1.29 is 143 Å². The quantitative estimate of drug-likeness (QED) is 0.00394. The average molecular weight is 1880 g/mol. The van der Waals surface area contributed by atoms with Crippen LogP contribution in [0.1, 0.15) is 71.4 Å². The Bertz CT molecular complexity index is 3680. The van der Waals surface area contributed by atoms with Crippen LogP contribution in [-0.2, 0) is 61.5 Å². The summed E-state index contributed by atoms with van der Waals surface area (Å²) in [7, 11) is 2.75. The summed E-state index contributed by atoms with van der Waals surface area (Å²) in [6.07, 6.45) is 3.61. The molecular weight excluding hydrogens is 1790 g/mol. The van der Waals surface area contributed by atoms with Gasteiger partial charge in [-0.3, -0.25) is 20.0 Å². The summed E-state index contributed by atoms with van der Waals surface area (Å²) in [6, 6.07) is 48.0. The van der Waals surface area contributed by atoms with Gasteiger partial charge < -0.3 is 69.0 Å². The van der Waals surface area contributed by atoms with Crippen molar-refractivity contribution in [2.45, 2.75) is 47.0 Å². The maximum atomic E-state index is 12.9. The summed E-state index contributed by atoms with van der Waals surface area (Å²) in [5.74, 6) is -0.886. The molecule has 0 bridgehead atoms. The fraction of sp³-hybridized carbons (Fsp3) is 0.310. The molecule has 101 heavy (non-hydrogen) atoms. The van der Waals surface area contributed by atoms with Gasteiger partial charge in [-0.05, 0) is 163 Å². The van der Waals surface area contributed by atoms with Gasteiger partial charge >= 0.3 is 24.2 Å². The van der Waals surface area contributed by atoms with E-state index < -0.39 is 38.6 Å². The number of likely N-dealkylation sites (N-methyl/N-ethyl adjacent to an activating group) is 1. The standard InChI is InChI=1S/C48H56N7O12P.C15H10N2O2.C6H15N.C2H6O2.H3P.2U/c1-33(56)50-39-14-6-34(7-15-39)28-36-10-18-41(19-11-36)53-47(59)64-24-25-65-48(60)54-42-20-12-37(13-21-42)29-35-8-16-40(17-9-35)51-46(58)52-44-31-38(30-43(32-44)49-2)45(57)63-26-27-67-68(61,62)66-23-22-55(3,4)5;18-10-16-14-5-1-12(2-6-14)9-13-3-7-15(8-4-13)17-11-19;1-4-7(5-2)6-3;3-1-2-4;;;/h6-21,30-32,49H,22-29H2,1-5H3,(H5-,50,51,52,53,54,56,58,59,60,61,62);1-8H,9H2;4-6H2,1-3H3;3-4H,1-2H2;1H3;;. The molecule has 26 nitrogen and oxygen atoms in total. The maximum absolute atomic E-state index is 12.9. The summed E-state index contributed by atoms with van der Waals surface area (Å²) >= 11 is 0. The van der Waals surface area contributed by atoms with E-state index >= 15 is 0 Å². The first-order chi connectivity index (χ1) is 47.0. The van der Waals surface area contributed by atoms with Gasteiger partial charge in [0.05, 0.1) is 57.9 Å². The number of hydrogen-bond acceptors (Lipinski definition) is 20. The van der Waals surface area contributed by atoms with Gasteiger partial charge in [0.2, 0.25) is 18.1 Å². The Morgan fingerprint density at radius 1 is 0.495 bits per heavy atom. The van der Waals surface area contributed by atoms with Crippen LogP contribution in [0.5, 0.6) is 0 Å². The molecule has 7 aromatic carbocycles. The Kier molecular flexibility index (Phi) is 45.8. The minimum Gasteiger partial charge on any atom is -0.756 e. The molecule has 538 valence electrons. The zero-order chi connectivity index (χ0) is 71.7. The van der Waals surface area contributed by atoms with E-state index in [0.29, 0.717) is 63.7 Å². The van der Waals surface area contributed by atoms with Crippen LogP contribution in [-0.4, -0.2) is 162 Å². The van der Waals surface area contributed by atoms with Crippen molar-refractivity contribution in [2.75, 3.05) is 133 Å². The Labute approximate surface area is 640 Å². The van der Waals surface area contributed by atoms with Gasteiger partial charge in [-0.15, -0.1) is 0 Å². The minimum atomic E-state index is -4.57. The number of aliphatic imine (C=N–C) groups is 2. The van der Waals surface area contributed by atoms with Gasteiger partial charge in [0.15, 0.2) is 0 Å². The second-order valence-corrected chi connectivity index (χ2v) is 23.6. The van der Waals surface area contributed by atoms with Gasteiger partial charge in [-0.25, -0.2) is 28.8 Å². The van der Waals surface area contributed by atoms with Crippen LogP contribution in [0.4, 0.5) is 59.9 Å². The van der Waals surface area contributed by atoms with Gasteiger partial charge in [-0.2, -0.15) is 19.9 Å². The number of ether oxygens (including phenoxy) is 3. The summed E-state index contributed by atoms with van der Waals surface area (Å²) in [5.41, 5.74) is 10.6. The van der Waals surface area contributed by atoms with Crippen molar-refractivity contribution in [3.63, 3.8) is 0 Å². The van der Waals surface area contributed by atoms with E-state index in [0.717, 1.165) is 45.5 Å². The second-order valence-electron chi connectivity index (χ2n) is 22.2. The van der Waals surface area contributed by atoms with Crippen molar-refractivity contribution in [3.05, 3.63) is 203 Å². The number of benzene rings is 7. The number of esters is 1. The number of phosphoric acid groups is 1. The van der Waals surface area contributed by atoms with Crippen LogP contribution in [0.15, 0.2) is 174 Å².